The molecule has 2 rings (SSSR count). The fraction of sp³-hybridized carbons (Fsp3) is 0.308. The maximum absolute atomic E-state index is 12.6. The second-order valence-corrected chi connectivity index (χ2v) is 4.82. The molecule has 1 atom stereocenters. The van der Waals surface area contributed by atoms with Gasteiger partial charge < -0.3 is 14.6 Å². The Balaban J connectivity index is 2.19. The van der Waals surface area contributed by atoms with Gasteiger partial charge in [-0.2, -0.15) is 13.8 Å². The quantitative estimate of drug-likeness (QED) is 0.852. The fourth-order valence-corrected chi connectivity index (χ4v) is 1.74. The number of aromatic nitrogens is 2. The van der Waals surface area contributed by atoms with E-state index in [2.05, 4.69) is 21.7 Å². The molecule has 0 aliphatic carbocycles. The van der Waals surface area contributed by atoms with E-state index in [9.17, 15) is 13.6 Å². The van der Waals surface area contributed by atoms with E-state index < -0.39 is 17.3 Å². The Morgan fingerprint density at radius 2 is 2.14 bits per heavy atom. The molecule has 2 aromatic rings. The van der Waals surface area contributed by atoms with Crippen LogP contribution in [0.3, 0.4) is 0 Å². The highest BCUT2D eigenvalue weighted by Gasteiger charge is 2.37. The lowest BCUT2D eigenvalue weighted by Crippen LogP contribution is -2.37. The van der Waals surface area contributed by atoms with Gasteiger partial charge in [-0.25, -0.2) is 0 Å². The molecule has 0 spiro atoms. The van der Waals surface area contributed by atoms with Crippen molar-refractivity contribution in [1.29, 1.82) is 0 Å². The van der Waals surface area contributed by atoms with Gasteiger partial charge in [0, 0.05) is 0 Å². The average molecular weight is 332 g/mol. The van der Waals surface area contributed by atoms with Crippen LogP contribution in [-0.4, -0.2) is 28.5 Å². The van der Waals surface area contributed by atoms with E-state index in [-0.39, 0.29) is 11.7 Å². The van der Waals surface area contributed by atoms with E-state index in [1.165, 1.54) is 14.0 Å². The number of carbonyl (C=O) groups is 1. The van der Waals surface area contributed by atoms with Crippen molar-refractivity contribution in [3.8, 4) is 17.1 Å². The van der Waals surface area contributed by atoms with Gasteiger partial charge in [-0.1, -0.05) is 17.3 Å². The highest BCUT2D eigenvalue weighted by atomic mass is 35.5. The number of halogens is 3. The van der Waals surface area contributed by atoms with Crippen molar-refractivity contribution in [1.82, 2.24) is 15.5 Å². The smallest absolute Gasteiger partial charge is 0.399 e. The minimum absolute atomic E-state index is 0.0322. The van der Waals surface area contributed by atoms with Gasteiger partial charge in [-0.3, -0.25) is 4.79 Å². The van der Waals surface area contributed by atoms with Crippen LogP contribution in [0.2, 0.25) is 0 Å². The van der Waals surface area contributed by atoms with E-state index in [0.717, 1.165) is 0 Å². The van der Waals surface area contributed by atoms with Crippen molar-refractivity contribution in [2.45, 2.75) is 18.3 Å². The Hall–Kier alpha value is -2.22. The number of amides is 1. The molecule has 6 nitrogen and oxygen atoms in total. The van der Waals surface area contributed by atoms with Crippen molar-refractivity contribution in [2.75, 3.05) is 7.11 Å². The zero-order valence-electron chi connectivity index (χ0n) is 11.6. The predicted octanol–water partition coefficient (Wildman–Crippen LogP) is 2.75. The summed E-state index contributed by atoms with van der Waals surface area (Å²) in [5.41, 5.74) is 0.571. The summed E-state index contributed by atoms with van der Waals surface area (Å²) in [6.45, 7) is 1.42. The van der Waals surface area contributed by atoms with Crippen LogP contribution in [0.1, 0.15) is 18.9 Å². The maximum atomic E-state index is 12.6. The normalized spacial score (nSPS) is 12.8. The van der Waals surface area contributed by atoms with E-state index in [0.29, 0.717) is 11.3 Å². The van der Waals surface area contributed by atoms with E-state index in [4.69, 9.17) is 9.26 Å². The topological polar surface area (TPSA) is 77.3 Å². The first kappa shape index (κ1) is 16.2. The first-order valence-electron chi connectivity index (χ1n) is 6.17. The van der Waals surface area contributed by atoms with Crippen molar-refractivity contribution in [2.24, 2.45) is 0 Å². The van der Waals surface area contributed by atoms with Gasteiger partial charge in [0.25, 0.3) is 0 Å². The standard InChI is InChI=1S/C13H12ClF2N3O3/c1-7(17-12(20)13(14,15)16)11-18-10(19-22-11)8-5-3-4-6-9(8)21-2/h3-7H,1-2H3,(H,17,20)/t7-/m0/s1. The van der Waals surface area contributed by atoms with Gasteiger partial charge in [0.05, 0.1) is 12.7 Å². The van der Waals surface area contributed by atoms with Crippen molar-refractivity contribution in [3.63, 3.8) is 0 Å². The Morgan fingerprint density at radius 3 is 2.77 bits per heavy atom. The van der Waals surface area contributed by atoms with Gasteiger partial charge >= 0.3 is 11.3 Å². The summed E-state index contributed by atoms with van der Waals surface area (Å²) >= 11 is 4.63. The summed E-state index contributed by atoms with van der Waals surface area (Å²) in [4.78, 5) is 15.2. The van der Waals surface area contributed by atoms with Gasteiger partial charge in [0.15, 0.2) is 0 Å². The van der Waals surface area contributed by atoms with Crippen molar-refractivity contribution in [3.05, 3.63) is 30.2 Å². The number of hydrogen-bond donors (Lipinski definition) is 1. The van der Waals surface area contributed by atoms with Crippen LogP contribution in [0.4, 0.5) is 8.78 Å². The molecule has 0 saturated heterocycles. The van der Waals surface area contributed by atoms with Crippen LogP contribution in [0.25, 0.3) is 11.4 Å². The highest BCUT2D eigenvalue weighted by molar-refractivity contribution is 6.32. The molecule has 0 aliphatic rings. The SMILES string of the molecule is COc1ccccc1-c1noc([C@H](C)NC(=O)C(F)(F)Cl)n1. The second-order valence-electron chi connectivity index (χ2n) is 4.35. The van der Waals surface area contributed by atoms with Crippen LogP contribution in [0, 0.1) is 0 Å². The number of carbonyl (C=O) groups excluding carboxylic acids is 1. The minimum atomic E-state index is -4.00. The summed E-state index contributed by atoms with van der Waals surface area (Å²) < 4.78 is 35.4. The van der Waals surface area contributed by atoms with Gasteiger partial charge in [-0.05, 0) is 30.7 Å². The lowest BCUT2D eigenvalue weighted by atomic mass is 10.2. The number of para-hydroxylation sites is 1. The Morgan fingerprint density at radius 1 is 1.45 bits per heavy atom. The molecule has 0 radical (unpaired) electrons. The lowest BCUT2D eigenvalue weighted by molar-refractivity contribution is -0.136. The zero-order valence-corrected chi connectivity index (χ0v) is 12.4. The first-order chi connectivity index (χ1) is 10.3. The summed E-state index contributed by atoms with van der Waals surface area (Å²) in [6, 6.07) is 6.03. The van der Waals surface area contributed by atoms with Crippen LogP contribution in [-0.2, 0) is 4.79 Å². The molecule has 22 heavy (non-hydrogen) atoms. The van der Waals surface area contributed by atoms with Crippen LogP contribution in [0.15, 0.2) is 28.8 Å². The Kier molecular flexibility index (Phi) is 4.60. The largest absolute Gasteiger partial charge is 0.496 e. The summed E-state index contributed by atoms with van der Waals surface area (Å²) in [6.07, 6.45) is 0. The number of methoxy groups -OCH3 is 1. The van der Waals surface area contributed by atoms with E-state index in [1.54, 1.807) is 24.3 Å². The Labute approximate surface area is 129 Å². The second kappa shape index (κ2) is 6.27. The third-order valence-electron chi connectivity index (χ3n) is 2.77. The number of rotatable bonds is 5. The first-order valence-corrected chi connectivity index (χ1v) is 6.55. The molecule has 1 aromatic carbocycles. The molecule has 1 heterocycles. The highest BCUT2D eigenvalue weighted by Crippen LogP contribution is 2.28. The molecule has 1 aromatic heterocycles. The fourth-order valence-electron chi connectivity index (χ4n) is 1.69. The van der Waals surface area contributed by atoms with Gasteiger partial charge in [0.2, 0.25) is 11.7 Å². The molecule has 1 amide bonds. The lowest BCUT2D eigenvalue weighted by Gasteiger charge is -2.12. The maximum Gasteiger partial charge on any atom is 0.399 e. The third-order valence-corrected chi connectivity index (χ3v) is 2.94. The third kappa shape index (κ3) is 3.51. The van der Waals surface area contributed by atoms with E-state index in [1.807, 2.05) is 5.32 Å². The molecule has 0 bridgehead atoms. The Bertz CT molecular complexity index is 673. The molecular formula is C13H12ClF2N3O3. The molecular weight excluding hydrogens is 320 g/mol. The minimum Gasteiger partial charge on any atom is -0.496 e. The predicted molar refractivity (Wildman–Crippen MR) is 73.6 cm³/mol. The molecule has 0 fully saturated rings. The number of ether oxygens (including phenoxy) is 1. The van der Waals surface area contributed by atoms with Crippen molar-refractivity contribution >= 4 is 17.5 Å². The van der Waals surface area contributed by atoms with Crippen LogP contribution in [0.5, 0.6) is 5.75 Å². The number of alkyl halides is 3. The van der Waals surface area contributed by atoms with Crippen LogP contribution < -0.4 is 10.1 Å². The number of nitrogens with one attached hydrogen (secondary N) is 1. The number of benzene rings is 1. The zero-order chi connectivity index (χ0) is 16.3. The molecule has 0 saturated carbocycles. The average Bonchev–Trinajstić information content (AvgIpc) is 2.95. The summed E-state index contributed by atoms with van der Waals surface area (Å²) in [5.74, 6) is -0.932. The molecule has 1 N–H and O–H groups in total. The monoisotopic (exact) mass is 331 g/mol. The van der Waals surface area contributed by atoms with Crippen molar-refractivity contribution < 1.29 is 22.8 Å². The number of nitrogens with zero attached hydrogens (tertiary/aromatic N) is 2. The van der Waals surface area contributed by atoms with Gasteiger partial charge in [0.1, 0.15) is 11.8 Å². The molecule has 118 valence electrons. The van der Waals surface area contributed by atoms with Gasteiger partial charge in [-0.15, -0.1) is 0 Å². The molecule has 9 heteroatoms. The summed E-state index contributed by atoms with van der Waals surface area (Å²) in [7, 11) is 1.49. The van der Waals surface area contributed by atoms with Crippen LogP contribution >= 0.6 is 11.6 Å². The molecule has 0 unspecified atom stereocenters. The summed E-state index contributed by atoms with van der Waals surface area (Å²) in [5, 5.41) is 1.73. The number of hydrogen-bond acceptors (Lipinski definition) is 5. The molecule has 0 aliphatic heterocycles. The van der Waals surface area contributed by atoms with E-state index >= 15 is 0 Å².